The zero-order valence-electron chi connectivity index (χ0n) is 17.5. The van der Waals surface area contributed by atoms with Crippen molar-refractivity contribution in [1.29, 1.82) is 5.26 Å². The Kier molecular flexibility index (Phi) is 6.07. The van der Waals surface area contributed by atoms with E-state index in [1.807, 2.05) is 6.07 Å². The number of hydrogen-bond donors (Lipinski definition) is 2. The van der Waals surface area contributed by atoms with Gasteiger partial charge in [-0.2, -0.15) is 14.6 Å². The SMILES string of the molecule is C[C@]1(O)CCC[C@H]1Oc1nc(N[C@H]2CCN(S(=O)(=O)CC3CC3)C[C@H]2F)ncc1C#N. The summed E-state index contributed by atoms with van der Waals surface area (Å²) in [6.07, 6.45) is 3.57. The molecule has 1 aromatic heterocycles. The number of aromatic nitrogens is 2. The summed E-state index contributed by atoms with van der Waals surface area (Å²) in [5.74, 6) is 0.466. The first-order valence-electron chi connectivity index (χ1n) is 10.7. The fourth-order valence-corrected chi connectivity index (χ4v) is 6.08. The summed E-state index contributed by atoms with van der Waals surface area (Å²) in [5.41, 5.74) is -0.875. The molecule has 4 rings (SSSR count). The first kappa shape index (κ1) is 22.2. The van der Waals surface area contributed by atoms with E-state index in [4.69, 9.17) is 4.74 Å². The van der Waals surface area contributed by atoms with Crippen LogP contribution in [0.1, 0.15) is 51.0 Å². The summed E-state index contributed by atoms with van der Waals surface area (Å²) in [6.45, 7) is 1.73. The highest BCUT2D eigenvalue weighted by atomic mass is 32.2. The van der Waals surface area contributed by atoms with Gasteiger partial charge in [0.25, 0.3) is 0 Å². The van der Waals surface area contributed by atoms with Gasteiger partial charge in [0.05, 0.1) is 23.6 Å². The minimum atomic E-state index is -3.43. The molecular formula is C20H28FN5O4S. The van der Waals surface area contributed by atoms with Crippen molar-refractivity contribution in [2.75, 3.05) is 24.2 Å². The maximum absolute atomic E-state index is 14.8. The van der Waals surface area contributed by atoms with Crippen molar-refractivity contribution in [3.05, 3.63) is 11.8 Å². The van der Waals surface area contributed by atoms with Crippen molar-refractivity contribution >= 4 is 16.0 Å². The molecule has 2 saturated carbocycles. The Morgan fingerprint density at radius 2 is 2.19 bits per heavy atom. The molecule has 0 amide bonds. The first-order chi connectivity index (χ1) is 14.7. The molecule has 0 spiro atoms. The molecule has 2 heterocycles. The molecule has 4 atom stereocenters. The van der Waals surface area contributed by atoms with Gasteiger partial charge in [0, 0.05) is 13.1 Å². The maximum Gasteiger partial charge on any atom is 0.236 e. The topological polar surface area (TPSA) is 128 Å². The highest BCUT2D eigenvalue weighted by molar-refractivity contribution is 7.89. The zero-order chi connectivity index (χ0) is 22.2. The first-order valence-corrected chi connectivity index (χ1v) is 12.3. The van der Waals surface area contributed by atoms with Crippen molar-refractivity contribution in [1.82, 2.24) is 14.3 Å². The van der Waals surface area contributed by atoms with Gasteiger partial charge >= 0.3 is 0 Å². The molecule has 9 nitrogen and oxygen atoms in total. The van der Waals surface area contributed by atoms with Crippen LogP contribution in [0.3, 0.4) is 0 Å². The lowest BCUT2D eigenvalue weighted by atomic mass is 10.0. The lowest BCUT2D eigenvalue weighted by Crippen LogP contribution is -2.50. The summed E-state index contributed by atoms with van der Waals surface area (Å²) < 4.78 is 46.7. The predicted octanol–water partition coefficient (Wildman–Crippen LogP) is 1.59. The smallest absolute Gasteiger partial charge is 0.236 e. The van der Waals surface area contributed by atoms with Gasteiger partial charge < -0.3 is 15.2 Å². The number of nitriles is 1. The van der Waals surface area contributed by atoms with E-state index in [9.17, 15) is 23.2 Å². The van der Waals surface area contributed by atoms with Crippen LogP contribution in [0.5, 0.6) is 5.88 Å². The molecule has 11 heteroatoms. The number of nitrogens with one attached hydrogen (secondary N) is 1. The monoisotopic (exact) mass is 453 g/mol. The molecule has 0 radical (unpaired) electrons. The number of nitrogens with zero attached hydrogens (tertiary/aromatic N) is 4. The van der Waals surface area contributed by atoms with E-state index in [0.29, 0.717) is 12.8 Å². The Morgan fingerprint density at radius 1 is 1.42 bits per heavy atom. The van der Waals surface area contributed by atoms with Crippen molar-refractivity contribution in [2.45, 2.75) is 69.4 Å². The van der Waals surface area contributed by atoms with Gasteiger partial charge in [-0.05, 0) is 51.4 Å². The van der Waals surface area contributed by atoms with E-state index in [-0.39, 0.29) is 48.6 Å². The molecule has 170 valence electrons. The van der Waals surface area contributed by atoms with Gasteiger partial charge in [-0.3, -0.25) is 0 Å². The van der Waals surface area contributed by atoms with Gasteiger partial charge in [0.2, 0.25) is 21.9 Å². The van der Waals surface area contributed by atoms with E-state index in [1.165, 1.54) is 10.5 Å². The molecule has 0 unspecified atom stereocenters. The van der Waals surface area contributed by atoms with Crippen LogP contribution in [0.4, 0.5) is 10.3 Å². The van der Waals surface area contributed by atoms with Crippen LogP contribution in [0.15, 0.2) is 6.20 Å². The fraction of sp³-hybridized carbons (Fsp3) is 0.750. The highest BCUT2D eigenvalue weighted by Crippen LogP contribution is 2.34. The third-order valence-electron chi connectivity index (χ3n) is 6.33. The molecule has 1 aliphatic heterocycles. The van der Waals surface area contributed by atoms with E-state index in [2.05, 4.69) is 15.3 Å². The van der Waals surface area contributed by atoms with Crippen LogP contribution in [-0.2, 0) is 10.0 Å². The number of ether oxygens (including phenoxy) is 1. The van der Waals surface area contributed by atoms with Crippen LogP contribution in [0, 0.1) is 17.2 Å². The number of alkyl halides is 1. The number of sulfonamides is 1. The third-order valence-corrected chi connectivity index (χ3v) is 8.34. The van der Waals surface area contributed by atoms with Gasteiger partial charge in [-0.25, -0.2) is 17.8 Å². The lowest BCUT2D eigenvalue weighted by molar-refractivity contribution is -0.0271. The minimum absolute atomic E-state index is 0.0482. The van der Waals surface area contributed by atoms with Gasteiger partial charge in [0.1, 0.15) is 23.9 Å². The van der Waals surface area contributed by atoms with Gasteiger partial charge in [-0.15, -0.1) is 0 Å². The molecule has 2 aliphatic carbocycles. The molecule has 1 saturated heterocycles. The lowest BCUT2D eigenvalue weighted by Gasteiger charge is -2.34. The van der Waals surface area contributed by atoms with E-state index >= 15 is 0 Å². The zero-order valence-corrected chi connectivity index (χ0v) is 18.3. The average Bonchev–Trinajstić information content (AvgIpc) is 3.45. The second-order valence-corrected chi connectivity index (χ2v) is 11.0. The van der Waals surface area contributed by atoms with Gasteiger partial charge in [-0.1, -0.05) is 0 Å². The average molecular weight is 454 g/mol. The molecule has 0 aromatic carbocycles. The van der Waals surface area contributed by atoms with E-state index < -0.39 is 33.9 Å². The Hall–Kier alpha value is -2.03. The number of aliphatic hydroxyl groups is 1. The Labute approximate surface area is 181 Å². The molecule has 1 aromatic rings. The number of hydrogen-bond acceptors (Lipinski definition) is 8. The van der Waals surface area contributed by atoms with Crippen LogP contribution in [0.2, 0.25) is 0 Å². The standard InChI is InChI=1S/C20H28FN5O4S/c1-20(27)7-2-3-17(20)30-18-14(9-22)10-23-19(25-18)24-16-6-8-26(11-15(16)21)31(28,29)12-13-4-5-13/h10,13,15-17,27H,2-8,11-12H2,1H3,(H,23,24,25)/t15-,16+,17-,20+/m1/s1. The maximum atomic E-state index is 14.8. The number of rotatable bonds is 7. The Balaban J connectivity index is 1.42. The van der Waals surface area contributed by atoms with E-state index in [1.54, 1.807) is 6.92 Å². The molecule has 3 fully saturated rings. The summed E-state index contributed by atoms with van der Waals surface area (Å²) in [6, 6.07) is 1.32. The largest absolute Gasteiger partial charge is 0.470 e. The highest BCUT2D eigenvalue weighted by Gasteiger charge is 2.40. The Bertz CT molecular complexity index is 963. The summed E-state index contributed by atoms with van der Waals surface area (Å²) >= 11 is 0. The quantitative estimate of drug-likeness (QED) is 0.637. The third kappa shape index (κ3) is 5.07. The summed E-state index contributed by atoms with van der Waals surface area (Å²) in [4.78, 5) is 8.32. The van der Waals surface area contributed by atoms with Crippen LogP contribution >= 0.6 is 0 Å². The summed E-state index contributed by atoms with van der Waals surface area (Å²) in [5, 5.41) is 22.7. The van der Waals surface area contributed by atoms with Crippen molar-refractivity contribution in [3.63, 3.8) is 0 Å². The second kappa shape index (κ2) is 8.48. The number of piperidine rings is 1. The predicted molar refractivity (Wildman–Crippen MR) is 111 cm³/mol. The molecule has 0 bridgehead atoms. The van der Waals surface area contributed by atoms with Crippen LogP contribution in [0.25, 0.3) is 0 Å². The minimum Gasteiger partial charge on any atom is -0.470 e. The van der Waals surface area contributed by atoms with Crippen molar-refractivity contribution < 1.29 is 22.7 Å². The van der Waals surface area contributed by atoms with Crippen molar-refractivity contribution in [2.24, 2.45) is 5.92 Å². The van der Waals surface area contributed by atoms with E-state index in [0.717, 1.165) is 19.3 Å². The molecule has 2 N–H and O–H groups in total. The Morgan fingerprint density at radius 3 is 2.81 bits per heavy atom. The van der Waals surface area contributed by atoms with Crippen LogP contribution < -0.4 is 10.1 Å². The fourth-order valence-electron chi connectivity index (χ4n) is 4.19. The van der Waals surface area contributed by atoms with Crippen LogP contribution in [-0.4, -0.2) is 70.6 Å². The molecular weight excluding hydrogens is 425 g/mol. The van der Waals surface area contributed by atoms with Gasteiger partial charge in [0.15, 0.2) is 0 Å². The van der Waals surface area contributed by atoms with Crippen molar-refractivity contribution in [3.8, 4) is 11.9 Å². The molecule has 31 heavy (non-hydrogen) atoms. The second-order valence-electron chi connectivity index (χ2n) is 9.02. The molecule has 3 aliphatic rings. The number of halogens is 1. The normalized spacial score (nSPS) is 31.9. The number of anilines is 1. The summed E-state index contributed by atoms with van der Waals surface area (Å²) in [7, 11) is -3.43.